The Morgan fingerprint density at radius 2 is 1.73 bits per heavy atom. The van der Waals surface area contributed by atoms with E-state index in [9.17, 15) is 9.59 Å². The number of fused-ring (bicyclic) bond motifs is 3. The molecule has 33 heavy (non-hydrogen) atoms. The van der Waals surface area contributed by atoms with Crippen molar-refractivity contribution in [3.63, 3.8) is 0 Å². The van der Waals surface area contributed by atoms with Gasteiger partial charge in [0.1, 0.15) is 0 Å². The molecule has 0 spiro atoms. The van der Waals surface area contributed by atoms with Crippen LogP contribution in [0.1, 0.15) is 63.5 Å². The molecule has 1 aliphatic rings. The summed E-state index contributed by atoms with van der Waals surface area (Å²) in [5, 5.41) is 0. The van der Waals surface area contributed by atoms with Crippen molar-refractivity contribution in [1.29, 1.82) is 0 Å². The number of aryl methyl sites for hydroxylation is 3. The van der Waals surface area contributed by atoms with Gasteiger partial charge in [0.15, 0.2) is 11.2 Å². The molecule has 0 saturated heterocycles. The lowest BCUT2D eigenvalue weighted by atomic mass is 10.1. The predicted molar refractivity (Wildman–Crippen MR) is 135 cm³/mol. The first-order valence-corrected chi connectivity index (χ1v) is 12.4. The molecule has 1 aromatic carbocycles. The molecular weight excluding hydrogens is 414 g/mol. The topological polar surface area (TPSA) is 65.1 Å². The zero-order chi connectivity index (χ0) is 23.7. The van der Waals surface area contributed by atoms with Gasteiger partial charge in [0.25, 0.3) is 5.56 Å². The number of hydrogen-bond acceptors (Lipinski definition) is 4. The first-order chi connectivity index (χ1) is 15.8. The van der Waals surface area contributed by atoms with Crippen molar-refractivity contribution in [3.05, 3.63) is 50.2 Å². The van der Waals surface area contributed by atoms with E-state index in [4.69, 9.17) is 4.98 Å². The van der Waals surface area contributed by atoms with E-state index in [2.05, 4.69) is 50.8 Å². The van der Waals surface area contributed by atoms with Crippen LogP contribution in [0.15, 0.2) is 27.8 Å². The molecule has 7 heteroatoms. The second-order valence-electron chi connectivity index (χ2n) is 9.75. The monoisotopic (exact) mass is 451 g/mol. The van der Waals surface area contributed by atoms with Crippen LogP contribution >= 0.6 is 0 Å². The van der Waals surface area contributed by atoms with E-state index in [1.165, 1.54) is 35.0 Å². The molecule has 1 aliphatic heterocycles. The lowest BCUT2D eigenvalue weighted by Crippen LogP contribution is -2.40. The average molecular weight is 452 g/mol. The molecule has 1 unspecified atom stereocenters. The average Bonchev–Trinajstić information content (AvgIpc) is 3.17. The van der Waals surface area contributed by atoms with Gasteiger partial charge in [0, 0.05) is 32.4 Å². The summed E-state index contributed by atoms with van der Waals surface area (Å²) in [5.74, 6) is 1.09. The number of unbranched alkanes of at least 4 members (excludes halogenated alkanes) is 5. The Balaban J connectivity index is 1.75. The normalized spacial score (nSPS) is 15.9. The van der Waals surface area contributed by atoms with Crippen LogP contribution < -0.4 is 16.1 Å². The summed E-state index contributed by atoms with van der Waals surface area (Å²) in [6, 6.07) is 6.41. The standard InChI is InChI=1S/C26H37N5O2/c1-6-7-8-9-10-11-14-29-24(32)22-23(28(5)26(29)33)27-25-30(16-18(2)17-31(22)25)21-13-12-19(3)20(4)15-21/h12-13,15,18H,6-11,14,16-17H2,1-5H3. The summed E-state index contributed by atoms with van der Waals surface area (Å²) in [4.78, 5) is 33.6. The van der Waals surface area contributed by atoms with Crippen molar-refractivity contribution in [2.45, 2.75) is 79.3 Å². The van der Waals surface area contributed by atoms with Crippen molar-refractivity contribution < 1.29 is 0 Å². The number of rotatable bonds is 8. The molecule has 7 nitrogen and oxygen atoms in total. The molecule has 0 bridgehead atoms. The van der Waals surface area contributed by atoms with Crippen molar-refractivity contribution in [3.8, 4) is 0 Å². The van der Waals surface area contributed by atoms with Gasteiger partial charge in [-0.3, -0.25) is 13.9 Å². The summed E-state index contributed by atoms with van der Waals surface area (Å²) in [7, 11) is 1.73. The lowest BCUT2D eigenvalue weighted by molar-refractivity contribution is 0.457. The van der Waals surface area contributed by atoms with Gasteiger partial charge in [-0.1, -0.05) is 52.0 Å². The molecule has 2 aromatic heterocycles. The van der Waals surface area contributed by atoms with Gasteiger partial charge in [-0.05, 0) is 49.4 Å². The highest BCUT2D eigenvalue weighted by molar-refractivity contribution is 5.77. The molecule has 178 valence electrons. The van der Waals surface area contributed by atoms with Crippen molar-refractivity contribution in [2.24, 2.45) is 13.0 Å². The molecule has 4 rings (SSSR count). The van der Waals surface area contributed by atoms with Crippen LogP contribution in [0, 0.1) is 19.8 Å². The molecule has 0 saturated carbocycles. The van der Waals surface area contributed by atoms with Crippen LogP contribution in [-0.2, 0) is 20.1 Å². The Hall–Kier alpha value is -2.83. The van der Waals surface area contributed by atoms with Crippen molar-refractivity contribution in [2.75, 3.05) is 11.4 Å². The van der Waals surface area contributed by atoms with E-state index < -0.39 is 0 Å². The van der Waals surface area contributed by atoms with E-state index in [1.54, 1.807) is 11.6 Å². The number of anilines is 2. The summed E-state index contributed by atoms with van der Waals surface area (Å²) < 4.78 is 4.98. The Morgan fingerprint density at radius 3 is 2.45 bits per heavy atom. The van der Waals surface area contributed by atoms with Gasteiger partial charge in [-0.25, -0.2) is 4.79 Å². The van der Waals surface area contributed by atoms with Crippen LogP contribution in [0.4, 0.5) is 11.6 Å². The van der Waals surface area contributed by atoms with Gasteiger partial charge >= 0.3 is 5.69 Å². The van der Waals surface area contributed by atoms with E-state index >= 15 is 0 Å². The van der Waals surface area contributed by atoms with E-state index in [0.717, 1.165) is 44.0 Å². The molecule has 0 radical (unpaired) electrons. The van der Waals surface area contributed by atoms with E-state index in [0.29, 0.717) is 23.6 Å². The maximum atomic E-state index is 13.5. The summed E-state index contributed by atoms with van der Waals surface area (Å²) in [6.45, 7) is 10.6. The highest BCUT2D eigenvalue weighted by Crippen LogP contribution is 2.33. The van der Waals surface area contributed by atoms with Crippen LogP contribution in [0.5, 0.6) is 0 Å². The third-order valence-electron chi connectivity index (χ3n) is 6.98. The van der Waals surface area contributed by atoms with Gasteiger partial charge in [0.05, 0.1) is 0 Å². The third kappa shape index (κ3) is 4.37. The predicted octanol–water partition coefficient (Wildman–Crippen LogP) is 4.66. The zero-order valence-electron chi connectivity index (χ0n) is 20.7. The fourth-order valence-electron chi connectivity index (χ4n) is 4.86. The number of nitrogens with zero attached hydrogens (tertiary/aromatic N) is 5. The van der Waals surface area contributed by atoms with Gasteiger partial charge in [-0.2, -0.15) is 4.98 Å². The van der Waals surface area contributed by atoms with Crippen LogP contribution in [-0.4, -0.2) is 25.2 Å². The molecule has 3 aromatic rings. The SMILES string of the molecule is CCCCCCCCn1c(=O)c2c(nc3n2CC(C)CN3c2ccc(C)c(C)c2)n(C)c1=O. The molecule has 1 atom stereocenters. The maximum Gasteiger partial charge on any atom is 0.332 e. The van der Waals surface area contributed by atoms with Crippen molar-refractivity contribution >= 4 is 22.8 Å². The minimum Gasteiger partial charge on any atom is -0.312 e. The molecule has 3 heterocycles. The lowest BCUT2D eigenvalue weighted by Gasteiger charge is -2.33. The van der Waals surface area contributed by atoms with Crippen LogP contribution in [0.2, 0.25) is 0 Å². The van der Waals surface area contributed by atoms with E-state index in [1.807, 2.05) is 4.57 Å². The minimum absolute atomic E-state index is 0.213. The van der Waals surface area contributed by atoms with Gasteiger partial charge in [0.2, 0.25) is 5.95 Å². The van der Waals surface area contributed by atoms with Crippen LogP contribution in [0.25, 0.3) is 11.2 Å². The second-order valence-corrected chi connectivity index (χ2v) is 9.75. The number of benzene rings is 1. The van der Waals surface area contributed by atoms with Crippen molar-refractivity contribution in [1.82, 2.24) is 18.7 Å². The zero-order valence-corrected chi connectivity index (χ0v) is 20.7. The Kier molecular flexibility index (Phi) is 6.77. The third-order valence-corrected chi connectivity index (χ3v) is 6.98. The maximum absolute atomic E-state index is 13.5. The summed E-state index contributed by atoms with van der Waals surface area (Å²) in [5.41, 5.74) is 4.07. The summed E-state index contributed by atoms with van der Waals surface area (Å²) in [6.07, 6.45) is 6.69. The first-order valence-electron chi connectivity index (χ1n) is 12.4. The number of aromatic nitrogens is 4. The fourth-order valence-corrected chi connectivity index (χ4v) is 4.86. The Morgan fingerprint density at radius 1 is 1.00 bits per heavy atom. The van der Waals surface area contributed by atoms with Gasteiger partial charge < -0.3 is 9.47 Å². The molecule has 0 N–H and O–H groups in total. The fraction of sp³-hybridized carbons (Fsp3) is 0.577. The smallest absolute Gasteiger partial charge is 0.312 e. The van der Waals surface area contributed by atoms with Crippen LogP contribution in [0.3, 0.4) is 0 Å². The highest BCUT2D eigenvalue weighted by atomic mass is 16.2. The highest BCUT2D eigenvalue weighted by Gasteiger charge is 2.29. The number of imidazole rings is 1. The molecular formula is C26H37N5O2. The first kappa shape index (κ1) is 23.3. The quantitative estimate of drug-likeness (QED) is 0.467. The van der Waals surface area contributed by atoms with Gasteiger partial charge in [-0.15, -0.1) is 0 Å². The number of hydrogen-bond donors (Lipinski definition) is 0. The Labute approximate surface area is 195 Å². The molecule has 0 aliphatic carbocycles. The van der Waals surface area contributed by atoms with E-state index in [-0.39, 0.29) is 11.2 Å². The Bertz CT molecular complexity index is 1270. The largest absolute Gasteiger partial charge is 0.332 e. The molecule has 0 amide bonds. The molecule has 0 fully saturated rings. The second kappa shape index (κ2) is 9.57. The summed E-state index contributed by atoms with van der Waals surface area (Å²) >= 11 is 0. The minimum atomic E-state index is -0.276.